The number of benzene rings is 4. The summed E-state index contributed by atoms with van der Waals surface area (Å²) >= 11 is 0. The van der Waals surface area contributed by atoms with Crippen LogP contribution in [0.4, 0.5) is 0 Å². The smallest absolute Gasteiger partial charge is 0.123 e. The van der Waals surface area contributed by atoms with E-state index in [1.54, 1.807) is 0 Å². The average molecular weight is 1640 g/mol. The average Bonchev–Trinajstić information content (AvgIpc) is 1.60. The van der Waals surface area contributed by atoms with Crippen LogP contribution in [-0.2, 0) is 0 Å². The van der Waals surface area contributed by atoms with Gasteiger partial charge in [0.05, 0.1) is 75.6 Å². The quantitative estimate of drug-likeness (QED) is 0.0355. The van der Waals surface area contributed by atoms with Gasteiger partial charge in [0.1, 0.15) is 46.0 Å². The molecule has 8 bridgehead atoms. The third kappa shape index (κ3) is 33.9. The number of aromatic nitrogens is 4. The molecule has 3 aromatic heterocycles. The third-order valence-corrected chi connectivity index (χ3v) is 23.6. The first kappa shape index (κ1) is 95.7. The van der Waals surface area contributed by atoms with E-state index in [0.717, 1.165) is 238 Å². The van der Waals surface area contributed by atoms with Gasteiger partial charge in [0.25, 0.3) is 0 Å². The lowest BCUT2D eigenvalue weighted by Gasteiger charge is -2.15. The van der Waals surface area contributed by atoms with Crippen LogP contribution in [0.5, 0.6) is 46.0 Å². The summed E-state index contributed by atoms with van der Waals surface area (Å²) in [6.45, 7) is 23.1. The van der Waals surface area contributed by atoms with Gasteiger partial charge < -0.3 is 47.9 Å². The Kier molecular flexibility index (Phi) is 46.3. The van der Waals surface area contributed by atoms with E-state index in [2.05, 4.69) is 187 Å². The second-order valence-electron chi connectivity index (χ2n) is 34.2. The van der Waals surface area contributed by atoms with Crippen LogP contribution in [0.3, 0.4) is 0 Å². The Morgan fingerprint density at radius 1 is 0.183 bits per heavy atom. The minimum Gasteiger partial charge on any atom is -0.493 e. The summed E-state index contributed by atoms with van der Waals surface area (Å²) in [5, 5.41) is 0. The van der Waals surface area contributed by atoms with E-state index in [1.807, 2.05) is 0 Å². The summed E-state index contributed by atoms with van der Waals surface area (Å²) in [6, 6.07) is 35.0. The summed E-state index contributed by atoms with van der Waals surface area (Å²) in [5.74, 6) is 6.22. The number of hydrogen-bond donors (Lipinski definition) is 2. The van der Waals surface area contributed by atoms with Crippen molar-refractivity contribution in [2.24, 2.45) is 0 Å². The van der Waals surface area contributed by atoms with E-state index in [0.29, 0.717) is 52.9 Å². The molecule has 12 heteroatoms. The molecule has 7 aromatic rings. The summed E-state index contributed by atoms with van der Waals surface area (Å²) in [6.07, 6.45) is 65.1. The molecule has 9 rings (SSSR count). The van der Waals surface area contributed by atoms with Crippen molar-refractivity contribution in [3.8, 4) is 90.5 Å². The van der Waals surface area contributed by atoms with Gasteiger partial charge in [-0.05, 0) is 171 Å². The molecule has 2 N–H and O–H groups in total. The molecule has 120 heavy (non-hydrogen) atoms. The first-order valence-electron chi connectivity index (χ1n) is 49.1. The number of nitrogens with zero attached hydrogens (tertiary/aromatic N) is 2. The third-order valence-electron chi connectivity index (χ3n) is 23.6. The van der Waals surface area contributed by atoms with Crippen molar-refractivity contribution in [2.75, 3.05) is 52.9 Å². The molecule has 4 aromatic carbocycles. The molecule has 0 radical (unpaired) electrons. The number of rotatable bonds is 68. The fourth-order valence-corrected chi connectivity index (χ4v) is 16.5. The van der Waals surface area contributed by atoms with Crippen molar-refractivity contribution in [3.05, 3.63) is 120 Å². The van der Waals surface area contributed by atoms with Gasteiger partial charge in [-0.1, -0.05) is 312 Å². The lowest BCUT2D eigenvalue weighted by atomic mass is 10.0. The highest BCUT2D eigenvalue weighted by atomic mass is 16.5. The Bertz CT molecular complexity index is 3570. The Hall–Kier alpha value is -8.12. The van der Waals surface area contributed by atoms with Gasteiger partial charge in [-0.3, -0.25) is 0 Å². The summed E-state index contributed by atoms with van der Waals surface area (Å²) in [4.78, 5) is 20.2. The predicted octanol–water partition coefficient (Wildman–Crippen LogP) is 33.2. The second kappa shape index (κ2) is 58.0. The number of fused-ring (bicyclic) bond motifs is 8. The number of H-pyrrole nitrogens is 2. The zero-order chi connectivity index (χ0) is 84.1. The molecule has 0 saturated carbocycles. The second-order valence-corrected chi connectivity index (χ2v) is 34.2. The Labute approximate surface area is 726 Å². The number of unbranched alkanes of at least 4 members (excludes halogenated alkanes) is 40. The molecule has 0 saturated heterocycles. The monoisotopic (exact) mass is 1640 g/mol. The van der Waals surface area contributed by atoms with Gasteiger partial charge in [0.15, 0.2) is 0 Å². The van der Waals surface area contributed by atoms with Crippen molar-refractivity contribution < 1.29 is 37.9 Å². The van der Waals surface area contributed by atoms with Crippen LogP contribution in [0.1, 0.15) is 386 Å². The Morgan fingerprint density at radius 3 is 0.475 bits per heavy atom. The van der Waals surface area contributed by atoms with E-state index in [-0.39, 0.29) is 0 Å². The molecule has 0 atom stereocenters. The lowest BCUT2D eigenvalue weighted by molar-refractivity contribution is 0.289. The molecule has 0 aliphatic carbocycles. The summed E-state index contributed by atoms with van der Waals surface area (Å²) < 4.78 is 55.2. The van der Waals surface area contributed by atoms with Crippen molar-refractivity contribution in [1.82, 2.24) is 19.9 Å². The molecular formula is C108H158N4O8. The molecule has 2 aliphatic heterocycles. The van der Waals surface area contributed by atoms with Crippen molar-refractivity contribution in [1.29, 1.82) is 0 Å². The van der Waals surface area contributed by atoms with Gasteiger partial charge >= 0.3 is 0 Å². The van der Waals surface area contributed by atoms with E-state index in [4.69, 9.17) is 47.9 Å². The zero-order valence-electron chi connectivity index (χ0n) is 76.3. The highest BCUT2D eigenvalue weighted by Gasteiger charge is 2.24. The maximum atomic E-state index is 6.90. The molecular weight excluding hydrogens is 1480 g/mol. The molecule has 2 aliphatic rings. The van der Waals surface area contributed by atoms with Crippen LogP contribution in [0.15, 0.2) is 97.1 Å². The Balaban J connectivity index is 1.34. The van der Waals surface area contributed by atoms with Crippen LogP contribution in [0, 0.1) is 0 Å². The summed E-state index contributed by atoms with van der Waals surface area (Å²) in [7, 11) is 0. The number of ether oxygens (including phenoxy) is 8. The van der Waals surface area contributed by atoms with Crippen LogP contribution >= 0.6 is 0 Å². The Morgan fingerprint density at radius 2 is 0.325 bits per heavy atom. The van der Waals surface area contributed by atoms with Crippen molar-refractivity contribution >= 4 is 46.4 Å². The molecule has 658 valence electrons. The predicted molar refractivity (Wildman–Crippen MR) is 512 cm³/mol. The van der Waals surface area contributed by atoms with E-state index in [1.165, 1.54) is 205 Å². The fraction of sp³-hybridized carbons (Fsp3) is 0.593. The molecule has 5 heterocycles. The first-order chi connectivity index (χ1) is 59.3. The SMILES string of the molecule is CCCCCCCCOc1cc(OCCCCCCCC)cc(-c2c3nc(c(-c4cc(OCCCCCCCC)cc(OCCCCCCCC)c4)c4ccc([nH]4)c(-c4cc(OCCCCCCCC)cc(OCCCCCCCC)c4)c4nc(c(-c5cc(OCCCCCCCC)cc(OCCCCCCCC)c5)c5ccc2[nH]5)C=C4)C=C3)c1. The van der Waals surface area contributed by atoms with Gasteiger partial charge in [-0.2, -0.15) is 0 Å². The van der Waals surface area contributed by atoms with Crippen LogP contribution in [0.25, 0.3) is 90.9 Å². The number of nitrogens with one attached hydrogen (secondary N) is 2. The van der Waals surface area contributed by atoms with Gasteiger partial charge in [-0.15, -0.1) is 0 Å². The van der Waals surface area contributed by atoms with E-state index >= 15 is 0 Å². The highest BCUT2D eigenvalue weighted by molar-refractivity contribution is 6.00. The van der Waals surface area contributed by atoms with Crippen LogP contribution < -0.4 is 37.9 Å². The summed E-state index contributed by atoms with van der Waals surface area (Å²) in [5.41, 5.74) is 14.1. The maximum absolute atomic E-state index is 6.90. The molecule has 0 fully saturated rings. The first-order valence-corrected chi connectivity index (χ1v) is 49.1. The van der Waals surface area contributed by atoms with Crippen LogP contribution in [0.2, 0.25) is 0 Å². The van der Waals surface area contributed by atoms with Gasteiger partial charge in [-0.25, -0.2) is 9.97 Å². The molecule has 0 unspecified atom stereocenters. The topological polar surface area (TPSA) is 131 Å². The highest BCUT2D eigenvalue weighted by Crippen LogP contribution is 2.44. The van der Waals surface area contributed by atoms with E-state index < -0.39 is 0 Å². The fourth-order valence-electron chi connectivity index (χ4n) is 16.5. The molecule has 0 amide bonds. The zero-order valence-corrected chi connectivity index (χ0v) is 76.3. The molecule has 12 nitrogen and oxygen atoms in total. The lowest BCUT2D eigenvalue weighted by Crippen LogP contribution is -2.01. The largest absolute Gasteiger partial charge is 0.493 e. The van der Waals surface area contributed by atoms with Gasteiger partial charge in [0.2, 0.25) is 0 Å². The molecule has 0 spiro atoms. The van der Waals surface area contributed by atoms with E-state index in [9.17, 15) is 0 Å². The number of aromatic amines is 2. The standard InChI is InChI=1S/C108H158N4O8/c1-9-17-25-33-41-49-65-113-89-73-85(74-90(81-89)114-66-50-42-34-26-18-10-2)105-97-57-59-99(109-97)106(86-75-91(115-67-51-43-35-27-19-11-3)82-92(76-86)116-68-52-44-36-28-20-12-4)101-61-63-103(111-101)108(88-79-95(119-71-55-47-39-31-23-15-7)84-96(80-88)120-72-56-48-40-32-24-16-8)104-64-62-102(112-104)107(100-60-58-98(105)110-100)87-77-93(117-69-53-45-37-29-21-13-5)83-94(78-87)118-70-54-46-38-30-22-14-6/h57-64,73-84,109,112H,9-56,65-72H2,1-8H3. The minimum atomic E-state index is 0.612. The van der Waals surface area contributed by atoms with Crippen molar-refractivity contribution in [2.45, 2.75) is 364 Å². The normalized spacial score (nSPS) is 11.8. The maximum Gasteiger partial charge on any atom is 0.123 e. The van der Waals surface area contributed by atoms with Crippen molar-refractivity contribution in [3.63, 3.8) is 0 Å². The number of hydrogen-bond acceptors (Lipinski definition) is 10. The van der Waals surface area contributed by atoms with Crippen LogP contribution in [-0.4, -0.2) is 72.8 Å². The van der Waals surface area contributed by atoms with Gasteiger partial charge in [0, 0.05) is 68.6 Å². The minimum absolute atomic E-state index is 0.612.